The molecule has 0 aliphatic carbocycles. The van der Waals surface area contributed by atoms with Crippen LogP contribution in [-0.2, 0) is 14.9 Å². The number of hydrogen-bond acceptors (Lipinski definition) is 4. The second-order valence-electron chi connectivity index (χ2n) is 6.90. The van der Waals surface area contributed by atoms with E-state index in [-0.39, 0.29) is 23.9 Å². The molecular weight excluding hydrogens is 342 g/mol. The largest absolute Gasteiger partial charge is 0.484 e. The van der Waals surface area contributed by atoms with E-state index in [4.69, 9.17) is 9.47 Å². The number of carbonyl (C=O) groups excluding carboxylic acids is 2. The molecule has 1 N–H and O–H groups in total. The Morgan fingerprint density at radius 2 is 1.59 bits per heavy atom. The second-order valence-corrected chi connectivity index (χ2v) is 6.90. The molecule has 0 bridgehead atoms. The Bertz CT molecular complexity index is 764. The molecule has 0 radical (unpaired) electrons. The summed E-state index contributed by atoms with van der Waals surface area (Å²) in [6.07, 6.45) is 1.05. The Kier molecular flexibility index (Phi) is 6.99. The molecule has 0 fully saturated rings. The summed E-state index contributed by atoms with van der Waals surface area (Å²) in [7, 11) is 0. The van der Waals surface area contributed by atoms with Crippen LogP contribution >= 0.6 is 0 Å². The first-order valence-electron chi connectivity index (χ1n) is 9.16. The molecule has 144 valence electrons. The number of ether oxygens (including phenoxy) is 2. The Balaban J connectivity index is 1.86. The van der Waals surface area contributed by atoms with E-state index in [1.54, 1.807) is 31.2 Å². The maximum absolute atomic E-state index is 12.1. The number of esters is 1. The van der Waals surface area contributed by atoms with Gasteiger partial charge in [-0.3, -0.25) is 4.79 Å². The summed E-state index contributed by atoms with van der Waals surface area (Å²) >= 11 is 0. The van der Waals surface area contributed by atoms with Crippen molar-refractivity contribution in [2.45, 2.75) is 39.5 Å². The number of rotatable bonds is 8. The van der Waals surface area contributed by atoms with Crippen LogP contribution in [0.15, 0.2) is 48.5 Å². The van der Waals surface area contributed by atoms with Crippen molar-refractivity contribution in [1.29, 1.82) is 0 Å². The number of amides is 1. The van der Waals surface area contributed by atoms with Crippen molar-refractivity contribution in [1.82, 2.24) is 0 Å². The molecule has 5 heteroatoms. The third kappa shape index (κ3) is 5.84. The minimum Gasteiger partial charge on any atom is -0.484 e. The lowest BCUT2D eigenvalue weighted by atomic mass is 9.82. The van der Waals surface area contributed by atoms with Crippen LogP contribution in [-0.4, -0.2) is 25.1 Å². The molecule has 0 aliphatic heterocycles. The maximum atomic E-state index is 12.1. The van der Waals surface area contributed by atoms with Crippen molar-refractivity contribution in [2.75, 3.05) is 18.5 Å². The Morgan fingerprint density at radius 3 is 2.15 bits per heavy atom. The van der Waals surface area contributed by atoms with Crippen LogP contribution < -0.4 is 10.1 Å². The summed E-state index contributed by atoms with van der Waals surface area (Å²) < 4.78 is 10.5. The fourth-order valence-corrected chi connectivity index (χ4v) is 2.46. The molecule has 0 saturated heterocycles. The molecule has 2 rings (SSSR count). The fourth-order valence-electron chi connectivity index (χ4n) is 2.46. The lowest BCUT2D eigenvalue weighted by Gasteiger charge is -2.23. The highest BCUT2D eigenvalue weighted by Gasteiger charge is 2.17. The SMILES string of the molecule is CCOC(=O)c1ccc(NC(=O)COc2ccc(C(C)(C)CC)cc2)cc1. The van der Waals surface area contributed by atoms with Crippen molar-refractivity contribution >= 4 is 17.6 Å². The minimum absolute atomic E-state index is 0.0872. The van der Waals surface area contributed by atoms with Gasteiger partial charge < -0.3 is 14.8 Å². The Labute approximate surface area is 160 Å². The van der Waals surface area contributed by atoms with Gasteiger partial charge in [-0.15, -0.1) is 0 Å². The molecule has 0 aliphatic rings. The molecule has 0 aromatic heterocycles. The fraction of sp³-hybridized carbons (Fsp3) is 0.364. The number of hydrogen-bond donors (Lipinski definition) is 1. The molecule has 27 heavy (non-hydrogen) atoms. The second kappa shape index (κ2) is 9.21. The predicted octanol–water partition coefficient (Wildman–Crippen LogP) is 4.57. The smallest absolute Gasteiger partial charge is 0.338 e. The molecule has 0 spiro atoms. The summed E-state index contributed by atoms with van der Waals surface area (Å²) in [6, 6.07) is 14.4. The van der Waals surface area contributed by atoms with E-state index in [0.29, 0.717) is 23.6 Å². The average molecular weight is 369 g/mol. The predicted molar refractivity (Wildman–Crippen MR) is 106 cm³/mol. The van der Waals surface area contributed by atoms with Crippen molar-refractivity contribution < 1.29 is 19.1 Å². The summed E-state index contributed by atoms with van der Waals surface area (Å²) in [5.41, 5.74) is 2.40. The van der Waals surface area contributed by atoms with E-state index in [1.807, 2.05) is 24.3 Å². The van der Waals surface area contributed by atoms with Crippen LogP contribution in [0, 0.1) is 0 Å². The molecule has 0 saturated carbocycles. The van der Waals surface area contributed by atoms with E-state index in [2.05, 4.69) is 26.1 Å². The van der Waals surface area contributed by atoms with Crippen molar-refractivity contribution in [3.8, 4) is 5.75 Å². The number of nitrogens with one attached hydrogen (secondary N) is 1. The third-order valence-electron chi connectivity index (χ3n) is 4.57. The summed E-state index contributed by atoms with van der Waals surface area (Å²) in [5.74, 6) is 0.00344. The normalized spacial score (nSPS) is 11.0. The first kappa shape index (κ1) is 20.5. The summed E-state index contributed by atoms with van der Waals surface area (Å²) in [5, 5.41) is 2.74. The summed E-state index contributed by atoms with van der Waals surface area (Å²) in [4.78, 5) is 23.7. The Morgan fingerprint density at radius 1 is 0.963 bits per heavy atom. The first-order valence-corrected chi connectivity index (χ1v) is 9.16. The quantitative estimate of drug-likeness (QED) is 0.692. The van der Waals surface area contributed by atoms with Crippen LogP contribution in [0.4, 0.5) is 5.69 Å². The highest BCUT2D eigenvalue weighted by molar-refractivity contribution is 5.93. The van der Waals surface area contributed by atoms with Crippen molar-refractivity contribution in [3.63, 3.8) is 0 Å². The zero-order valence-electron chi connectivity index (χ0n) is 16.4. The zero-order valence-corrected chi connectivity index (χ0v) is 16.4. The standard InChI is InChI=1S/C22H27NO4/c1-5-22(3,4)17-9-13-19(14-10-17)27-15-20(24)23-18-11-7-16(8-12-18)21(25)26-6-2/h7-14H,5-6,15H2,1-4H3,(H,23,24). The van der Waals surface area contributed by atoms with Crippen molar-refractivity contribution in [2.24, 2.45) is 0 Å². The van der Waals surface area contributed by atoms with Crippen LogP contribution in [0.2, 0.25) is 0 Å². The molecule has 5 nitrogen and oxygen atoms in total. The maximum Gasteiger partial charge on any atom is 0.338 e. The van der Waals surface area contributed by atoms with Crippen molar-refractivity contribution in [3.05, 3.63) is 59.7 Å². The highest BCUT2D eigenvalue weighted by atomic mass is 16.5. The number of benzene rings is 2. The van der Waals surface area contributed by atoms with Crippen LogP contribution in [0.3, 0.4) is 0 Å². The van der Waals surface area contributed by atoms with Gasteiger partial charge in [0, 0.05) is 5.69 Å². The monoisotopic (exact) mass is 369 g/mol. The van der Waals surface area contributed by atoms with Gasteiger partial charge in [0.2, 0.25) is 0 Å². The van der Waals surface area contributed by atoms with Crippen LogP contribution in [0.25, 0.3) is 0 Å². The molecule has 0 heterocycles. The lowest BCUT2D eigenvalue weighted by molar-refractivity contribution is -0.118. The average Bonchev–Trinajstić information content (AvgIpc) is 2.67. The molecular formula is C22H27NO4. The topological polar surface area (TPSA) is 64.6 Å². The van der Waals surface area contributed by atoms with Crippen LogP contribution in [0.5, 0.6) is 5.75 Å². The number of anilines is 1. The van der Waals surface area contributed by atoms with Gasteiger partial charge in [-0.05, 0) is 60.7 Å². The van der Waals surface area contributed by atoms with Gasteiger partial charge >= 0.3 is 5.97 Å². The first-order chi connectivity index (χ1) is 12.9. The molecule has 0 unspecified atom stereocenters. The van der Waals surface area contributed by atoms with Gasteiger partial charge in [0.15, 0.2) is 6.61 Å². The van der Waals surface area contributed by atoms with E-state index < -0.39 is 0 Å². The van der Waals surface area contributed by atoms with E-state index in [9.17, 15) is 9.59 Å². The molecule has 2 aromatic carbocycles. The van der Waals surface area contributed by atoms with E-state index in [0.717, 1.165) is 6.42 Å². The molecule has 1 amide bonds. The van der Waals surface area contributed by atoms with Gasteiger partial charge in [0.05, 0.1) is 12.2 Å². The molecule has 0 atom stereocenters. The van der Waals surface area contributed by atoms with E-state index >= 15 is 0 Å². The van der Waals surface area contributed by atoms with Gasteiger partial charge in [-0.1, -0.05) is 32.9 Å². The van der Waals surface area contributed by atoms with Gasteiger partial charge in [-0.25, -0.2) is 4.79 Å². The Hall–Kier alpha value is -2.82. The third-order valence-corrected chi connectivity index (χ3v) is 4.57. The summed E-state index contributed by atoms with van der Waals surface area (Å²) in [6.45, 7) is 8.55. The van der Waals surface area contributed by atoms with E-state index in [1.165, 1.54) is 5.56 Å². The van der Waals surface area contributed by atoms with Gasteiger partial charge in [0.25, 0.3) is 5.91 Å². The molecule has 2 aromatic rings. The van der Waals surface area contributed by atoms with Gasteiger partial charge in [-0.2, -0.15) is 0 Å². The number of carbonyl (C=O) groups is 2. The zero-order chi connectivity index (χ0) is 19.9. The lowest BCUT2D eigenvalue weighted by Crippen LogP contribution is -2.20. The van der Waals surface area contributed by atoms with Crippen LogP contribution in [0.1, 0.15) is 50.0 Å². The highest BCUT2D eigenvalue weighted by Crippen LogP contribution is 2.28. The van der Waals surface area contributed by atoms with Gasteiger partial charge in [0.1, 0.15) is 5.75 Å². The minimum atomic E-state index is -0.381.